The van der Waals surface area contributed by atoms with Crippen LogP contribution in [0.5, 0.6) is 5.75 Å². The largest absolute Gasteiger partial charge is 0.492 e. The molecule has 1 fully saturated rings. The SMILES string of the molecule is Cc1nc(C)n(CC2CCCN2CCOc2ccc(C#N)cc2)n1. The highest BCUT2D eigenvalue weighted by Crippen LogP contribution is 2.19. The normalized spacial score (nSPS) is 17.8. The van der Waals surface area contributed by atoms with Gasteiger partial charge in [-0.3, -0.25) is 4.90 Å². The molecule has 0 radical (unpaired) electrons. The maximum Gasteiger partial charge on any atom is 0.147 e. The molecule has 1 aliphatic rings. The number of aryl methyl sites for hydroxylation is 2. The molecule has 0 spiro atoms. The maximum absolute atomic E-state index is 8.81. The van der Waals surface area contributed by atoms with Gasteiger partial charge in [0.2, 0.25) is 0 Å². The third-order valence-corrected chi connectivity index (χ3v) is 4.48. The molecule has 0 bridgehead atoms. The van der Waals surface area contributed by atoms with Crippen LogP contribution in [0.3, 0.4) is 0 Å². The van der Waals surface area contributed by atoms with Crippen LogP contribution in [0.25, 0.3) is 0 Å². The number of nitrogens with zero attached hydrogens (tertiary/aromatic N) is 5. The molecular formula is C18H23N5O. The fourth-order valence-corrected chi connectivity index (χ4v) is 3.24. The van der Waals surface area contributed by atoms with Crippen molar-refractivity contribution >= 4 is 0 Å². The van der Waals surface area contributed by atoms with Crippen molar-refractivity contribution < 1.29 is 4.74 Å². The second kappa shape index (κ2) is 7.45. The van der Waals surface area contributed by atoms with Gasteiger partial charge in [-0.15, -0.1) is 0 Å². The number of nitriles is 1. The van der Waals surface area contributed by atoms with E-state index in [2.05, 4.69) is 21.1 Å². The van der Waals surface area contributed by atoms with E-state index in [4.69, 9.17) is 10.00 Å². The van der Waals surface area contributed by atoms with Crippen LogP contribution in [0.15, 0.2) is 24.3 Å². The molecule has 2 aromatic rings. The Morgan fingerprint density at radius 1 is 1.29 bits per heavy atom. The zero-order chi connectivity index (χ0) is 16.9. The highest BCUT2D eigenvalue weighted by Gasteiger charge is 2.25. The van der Waals surface area contributed by atoms with Crippen LogP contribution in [0.2, 0.25) is 0 Å². The summed E-state index contributed by atoms with van der Waals surface area (Å²) in [6.45, 7) is 7.49. The van der Waals surface area contributed by atoms with Gasteiger partial charge < -0.3 is 4.74 Å². The summed E-state index contributed by atoms with van der Waals surface area (Å²) in [4.78, 5) is 6.85. The second-order valence-electron chi connectivity index (χ2n) is 6.21. The Morgan fingerprint density at radius 3 is 2.75 bits per heavy atom. The van der Waals surface area contributed by atoms with Crippen molar-refractivity contribution in [2.24, 2.45) is 0 Å². The molecule has 0 amide bonds. The van der Waals surface area contributed by atoms with Crippen LogP contribution in [-0.4, -0.2) is 45.4 Å². The highest BCUT2D eigenvalue weighted by atomic mass is 16.5. The lowest BCUT2D eigenvalue weighted by molar-refractivity contribution is 0.181. The smallest absolute Gasteiger partial charge is 0.147 e. The van der Waals surface area contributed by atoms with Crippen molar-refractivity contribution in [3.05, 3.63) is 41.5 Å². The summed E-state index contributed by atoms with van der Waals surface area (Å²) in [5.41, 5.74) is 0.653. The molecule has 1 saturated heterocycles. The molecule has 24 heavy (non-hydrogen) atoms. The van der Waals surface area contributed by atoms with Crippen LogP contribution in [0.4, 0.5) is 0 Å². The molecule has 2 heterocycles. The van der Waals surface area contributed by atoms with E-state index in [1.807, 2.05) is 30.7 Å². The van der Waals surface area contributed by atoms with E-state index in [1.54, 1.807) is 12.1 Å². The molecule has 0 aliphatic carbocycles. The fraction of sp³-hybridized carbons (Fsp3) is 0.500. The van der Waals surface area contributed by atoms with Gasteiger partial charge in [0, 0.05) is 12.6 Å². The molecule has 6 heteroatoms. The van der Waals surface area contributed by atoms with Crippen LogP contribution < -0.4 is 4.74 Å². The average molecular weight is 325 g/mol. The number of hydrogen-bond donors (Lipinski definition) is 0. The fourth-order valence-electron chi connectivity index (χ4n) is 3.24. The molecule has 1 aliphatic heterocycles. The predicted molar refractivity (Wildman–Crippen MR) is 90.7 cm³/mol. The van der Waals surface area contributed by atoms with Gasteiger partial charge in [-0.2, -0.15) is 10.4 Å². The number of hydrogen-bond acceptors (Lipinski definition) is 5. The third-order valence-electron chi connectivity index (χ3n) is 4.48. The van der Waals surface area contributed by atoms with Crippen molar-refractivity contribution in [1.82, 2.24) is 19.7 Å². The van der Waals surface area contributed by atoms with Crippen molar-refractivity contribution in [3.8, 4) is 11.8 Å². The van der Waals surface area contributed by atoms with E-state index in [0.29, 0.717) is 18.2 Å². The van der Waals surface area contributed by atoms with Crippen LogP contribution >= 0.6 is 0 Å². The first-order chi connectivity index (χ1) is 11.7. The molecule has 1 aromatic carbocycles. The standard InChI is InChI=1S/C18H23N5O/c1-14-20-15(2)23(21-14)13-17-4-3-9-22(17)10-11-24-18-7-5-16(12-19)6-8-18/h5-8,17H,3-4,9-11,13H2,1-2H3. The number of ether oxygens (including phenoxy) is 1. The van der Waals surface area contributed by atoms with E-state index in [0.717, 1.165) is 37.0 Å². The zero-order valence-corrected chi connectivity index (χ0v) is 14.3. The first-order valence-corrected chi connectivity index (χ1v) is 8.41. The summed E-state index contributed by atoms with van der Waals surface area (Å²) in [6, 6.07) is 9.87. The van der Waals surface area contributed by atoms with E-state index in [9.17, 15) is 0 Å². The Hall–Kier alpha value is -2.39. The Morgan fingerprint density at radius 2 is 2.08 bits per heavy atom. The highest BCUT2D eigenvalue weighted by molar-refractivity contribution is 5.34. The number of benzene rings is 1. The first-order valence-electron chi connectivity index (χ1n) is 8.41. The van der Waals surface area contributed by atoms with Gasteiger partial charge in [-0.05, 0) is 57.5 Å². The molecular weight excluding hydrogens is 302 g/mol. The zero-order valence-electron chi connectivity index (χ0n) is 14.3. The van der Waals surface area contributed by atoms with E-state index >= 15 is 0 Å². The average Bonchev–Trinajstić information content (AvgIpc) is 3.15. The van der Waals surface area contributed by atoms with Gasteiger partial charge in [-0.1, -0.05) is 0 Å². The third kappa shape index (κ3) is 3.92. The predicted octanol–water partition coefficient (Wildman–Crippen LogP) is 2.31. The van der Waals surface area contributed by atoms with Crippen LogP contribution in [0, 0.1) is 25.2 Å². The van der Waals surface area contributed by atoms with Gasteiger partial charge in [0.25, 0.3) is 0 Å². The Balaban J connectivity index is 1.50. The minimum atomic E-state index is 0.495. The molecule has 1 aromatic heterocycles. The lowest BCUT2D eigenvalue weighted by atomic mass is 10.2. The Kier molecular flexibility index (Phi) is 5.11. The number of likely N-dealkylation sites (tertiary alicyclic amines) is 1. The molecule has 1 unspecified atom stereocenters. The monoisotopic (exact) mass is 325 g/mol. The Labute approximate surface area is 142 Å². The minimum absolute atomic E-state index is 0.495. The number of rotatable bonds is 6. The van der Waals surface area contributed by atoms with Crippen molar-refractivity contribution in [1.29, 1.82) is 5.26 Å². The molecule has 0 N–H and O–H groups in total. The van der Waals surface area contributed by atoms with E-state index < -0.39 is 0 Å². The quantitative estimate of drug-likeness (QED) is 0.815. The molecule has 1 atom stereocenters. The lowest BCUT2D eigenvalue weighted by Crippen LogP contribution is -2.36. The lowest BCUT2D eigenvalue weighted by Gasteiger charge is -2.24. The Bertz CT molecular complexity index is 716. The van der Waals surface area contributed by atoms with E-state index in [1.165, 1.54) is 12.8 Å². The van der Waals surface area contributed by atoms with Crippen LogP contribution in [0.1, 0.15) is 30.1 Å². The van der Waals surface area contributed by atoms with Gasteiger partial charge >= 0.3 is 0 Å². The molecule has 126 valence electrons. The summed E-state index contributed by atoms with van der Waals surface area (Å²) < 4.78 is 7.82. The van der Waals surface area contributed by atoms with Gasteiger partial charge in [-0.25, -0.2) is 9.67 Å². The topological polar surface area (TPSA) is 67.0 Å². The summed E-state index contributed by atoms with van der Waals surface area (Å²) in [6.07, 6.45) is 2.41. The van der Waals surface area contributed by atoms with E-state index in [-0.39, 0.29) is 0 Å². The van der Waals surface area contributed by atoms with Crippen molar-refractivity contribution in [3.63, 3.8) is 0 Å². The molecule has 6 nitrogen and oxygen atoms in total. The minimum Gasteiger partial charge on any atom is -0.492 e. The first kappa shape index (κ1) is 16.5. The number of aromatic nitrogens is 3. The van der Waals surface area contributed by atoms with Crippen molar-refractivity contribution in [2.75, 3.05) is 19.7 Å². The summed E-state index contributed by atoms with van der Waals surface area (Å²) in [5, 5.41) is 13.3. The second-order valence-corrected chi connectivity index (χ2v) is 6.21. The molecule has 0 saturated carbocycles. The van der Waals surface area contributed by atoms with Gasteiger partial charge in [0.05, 0.1) is 18.2 Å². The maximum atomic E-state index is 8.81. The summed E-state index contributed by atoms with van der Waals surface area (Å²) >= 11 is 0. The molecule has 3 rings (SSSR count). The van der Waals surface area contributed by atoms with Crippen molar-refractivity contribution in [2.45, 2.75) is 39.3 Å². The van der Waals surface area contributed by atoms with Crippen LogP contribution in [-0.2, 0) is 6.54 Å². The summed E-state index contributed by atoms with van der Waals surface area (Å²) in [7, 11) is 0. The van der Waals surface area contributed by atoms with Gasteiger partial charge in [0.15, 0.2) is 0 Å². The van der Waals surface area contributed by atoms with Gasteiger partial charge in [0.1, 0.15) is 24.0 Å². The summed E-state index contributed by atoms with van der Waals surface area (Å²) in [5.74, 6) is 2.63.